The molecule has 0 spiro atoms. The van der Waals surface area contributed by atoms with E-state index in [-0.39, 0.29) is 18.3 Å². The molecule has 198 valence electrons. The SMILES string of the molecule is CCCCN(C)CCc1ccc(Nc2ncc3c(n2)-c2ccccc2C(c2ccc(F)c(F)c2)C3)cc1.Cl. The molecule has 1 heterocycles. The van der Waals surface area contributed by atoms with Gasteiger partial charge in [0.25, 0.3) is 0 Å². The van der Waals surface area contributed by atoms with Crippen molar-refractivity contribution >= 4 is 24.0 Å². The summed E-state index contributed by atoms with van der Waals surface area (Å²) < 4.78 is 27.6. The average molecular weight is 535 g/mol. The van der Waals surface area contributed by atoms with Gasteiger partial charge in [0.2, 0.25) is 5.95 Å². The van der Waals surface area contributed by atoms with Crippen molar-refractivity contribution in [2.45, 2.75) is 38.5 Å². The van der Waals surface area contributed by atoms with E-state index in [1.165, 1.54) is 30.5 Å². The fourth-order valence-electron chi connectivity index (χ4n) is 4.97. The van der Waals surface area contributed by atoms with Crippen LogP contribution in [0.1, 0.15) is 47.9 Å². The van der Waals surface area contributed by atoms with E-state index in [4.69, 9.17) is 4.98 Å². The molecule has 4 aromatic rings. The fourth-order valence-corrected chi connectivity index (χ4v) is 4.97. The zero-order valence-corrected chi connectivity index (χ0v) is 22.6. The highest BCUT2D eigenvalue weighted by atomic mass is 35.5. The van der Waals surface area contributed by atoms with Crippen molar-refractivity contribution < 1.29 is 8.78 Å². The standard InChI is InChI=1S/C31H32F2N4.ClH/c1-3-4-16-37(2)17-15-21-9-12-24(13-10-21)35-31-34-20-23-18-27(22-11-14-28(32)29(33)19-22)25-7-5-6-8-26(25)30(23)36-31;/h5-14,19-20,27H,3-4,15-18H2,1-2H3,(H,34,35,36);1H. The monoisotopic (exact) mass is 534 g/mol. The summed E-state index contributed by atoms with van der Waals surface area (Å²) in [5, 5.41) is 3.34. The molecule has 7 heteroatoms. The van der Waals surface area contributed by atoms with Gasteiger partial charge in [-0.3, -0.25) is 0 Å². The Morgan fingerprint density at radius 1 is 0.974 bits per heavy atom. The van der Waals surface area contributed by atoms with Crippen LogP contribution in [0.5, 0.6) is 0 Å². The van der Waals surface area contributed by atoms with Gasteiger partial charge < -0.3 is 10.2 Å². The minimum Gasteiger partial charge on any atom is -0.324 e. The molecule has 0 bridgehead atoms. The third-order valence-electron chi connectivity index (χ3n) is 7.11. The van der Waals surface area contributed by atoms with Gasteiger partial charge in [0.1, 0.15) is 0 Å². The van der Waals surface area contributed by atoms with Crippen LogP contribution in [0.25, 0.3) is 11.3 Å². The number of benzene rings is 3. The third-order valence-corrected chi connectivity index (χ3v) is 7.11. The number of likely N-dealkylation sites (N-methyl/N-ethyl adjacent to an activating group) is 1. The topological polar surface area (TPSA) is 41.0 Å². The first-order valence-electron chi connectivity index (χ1n) is 13.0. The average Bonchev–Trinajstić information content (AvgIpc) is 2.92. The Morgan fingerprint density at radius 2 is 1.76 bits per heavy atom. The second kappa shape index (κ2) is 12.5. The van der Waals surface area contributed by atoms with Crippen LogP contribution < -0.4 is 5.32 Å². The van der Waals surface area contributed by atoms with E-state index < -0.39 is 11.6 Å². The Balaban J connectivity index is 0.00000336. The van der Waals surface area contributed by atoms with Gasteiger partial charge in [-0.2, -0.15) is 0 Å². The summed E-state index contributed by atoms with van der Waals surface area (Å²) in [6.45, 7) is 4.40. The van der Waals surface area contributed by atoms with E-state index in [1.807, 2.05) is 30.5 Å². The Morgan fingerprint density at radius 3 is 2.53 bits per heavy atom. The van der Waals surface area contributed by atoms with E-state index >= 15 is 0 Å². The molecule has 0 saturated carbocycles. The molecule has 5 rings (SSSR count). The second-order valence-corrected chi connectivity index (χ2v) is 9.81. The predicted molar refractivity (Wildman–Crippen MR) is 152 cm³/mol. The summed E-state index contributed by atoms with van der Waals surface area (Å²) in [6, 6.07) is 20.6. The molecule has 1 N–H and O–H groups in total. The van der Waals surface area contributed by atoms with Crippen LogP contribution in [-0.2, 0) is 12.8 Å². The summed E-state index contributed by atoms with van der Waals surface area (Å²) in [5.41, 5.74) is 6.89. The molecule has 1 unspecified atom stereocenters. The van der Waals surface area contributed by atoms with E-state index in [1.54, 1.807) is 6.07 Å². The second-order valence-electron chi connectivity index (χ2n) is 9.81. The number of hydrogen-bond donors (Lipinski definition) is 1. The largest absolute Gasteiger partial charge is 0.324 e. The van der Waals surface area contributed by atoms with Gasteiger partial charge in [0.05, 0.1) is 5.69 Å². The van der Waals surface area contributed by atoms with Crippen molar-refractivity contribution in [3.8, 4) is 11.3 Å². The molecule has 0 radical (unpaired) electrons. The molecule has 4 nitrogen and oxygen atoms in total. The summed E-state index contributed by atoms with van der Waals surface area (Å²) in [5.74, 6) is -1.22. The van der Waals surface area contributed by atoms with Gasteiger partial charge in [-0.15, -0.1) is 12.4 Å². The first-order valence-corrected chi connectivity index (χ1v) is 13.0. The Labute approximate surface area is 229 Å². The van der Waals surface area contributed by atoms with Crippen LogP contribution >= 0.6 is 12.4 Å². The van der Waals surface area contributed by atoms with Crippen molar-refractivity contribution in [1.29, 1.82) is 0 Å². The van der Waals surface area contributed by atoms with E-state index in [2.05, 4.69) is 53.4 Å². The van der Waals surface area contributed by atoms with Crippen LogP contribution in [-0.4, -0.2) is 35.0 Å². The van der Waals surface area contributed by atoms with E-state index in [9.17, 15) is 8.78 Å². The molecule has 0 aliphatic heterocycles. The molecule has 0 amide bonds. The van der Waals surface area contributed by atoms with Gasteiger partial charge in [-0.1, -0.05) is 55.8 Å². The molecular formula is C31H33ClF2N4. The lowest BCUT2D eigenvalue weighted by atomic mass is 9.78. The highest BCUT2D eigenvalue weighted by Crippen LogP contribution is 2.42. The third kappa shape index (κ3) is 6.20. The number of hydrogen-bond acceptors (Lipinski definition) is 4. The van der Waals surface area contributed by atoms with Crippen LogP contribution in [0.4, 0.5) is 20.4 Å². The quantitative estimate of drug-likeness (QED) is 0.241. The molecule has 0 fully saturated rings. The lowest BCUT2D eigenvalue weighted by molar-refractivity contribution is 0.332. The van der Waals surface area contributed by atoms with Gasteiger partial charge in [-0.05, 0) is 79.4 Å². The van der Waals surface area contributed by atoms with Crippen LogP contribution in [0.15, 0.2) is 72.9 Å². The molecule has 1 atom stereocenters. The zero-order chi connectivity index (χ0) is 25.8. The fraction of sp³-hybridized carbons (Fsp3) is 0.290. The molecule has 0 saturated heterocycles. The lowest BCUT2D eigenvalue weighted by Crippen LogP contribution is -2.22. The summed E-state index contributed by atoms with van der Waals surface area (Å²) in [4.78, 5) is 11.8. The summed E-state index contributed by atoms with van der Waals surface area (Å²) >= 11 is 0. The van der Waals surface area contributed by atoms with Crippen LogP contribution in [0.2, 0.25) is 0 Å². The molecule has 1 aromatic heterocycles. The van der Waals surface area contributed by atoms with Crippen molar-refractivity contribution in [3.63, 3.8) is 0 Å². The molecule has 1 aliphatic rings. The Bertz CT molecular complexity index is 1380. The minimum atomic E-state index is -0.834. The van der Waals surface area contributed by atoms with Gasteiger partial charge in [-0.25, -0.2) is 18.7 Å². The predicted octanol–water partition coefficient (Wildman–Crippen LogP) is 7.55. The number of rotatable bonds is 9. The minimum absolute atomic E-state index is 0. The summed E-state index contributed by atoms with van der Waals surface area (Å²) in [7, 11) is 2.18. The number of nitrogens with zero attached hydrogens (tertiary/aromatic N) is 3. The Kier molecular flexibility index (Phi) is 9.08. The molecule has 3 aromatic carbocycles. The van der Waals surface area contributed by atoms with Gasteiger partial charge in [0.15, 0.2) is 11.6 Å². The van der Waals surface area contributed by atoms with E-state index in [0.717, 1.165) is 53.1 Å². The normalized spacial score (nSPS) is 14.0. The smallest absolute Gasteiger partial charge is 0.227 e. The number of aromatic nitrogens is 2. The highest BCUT2D eigenvalue weighted by Gasteiger charge is 2.28. The van der Waals surface area contributed by atoms with Gasteiger partial charge in [0, 0.05) is 29.9 Å². The maximum atomic E-state index is 14.0. The first-order chi connectivity index (χ1) is 18.0. The summed E-state index contributed by atoms with van der Waals surface area (Å²) in [6.07, 6.45) is 5.94. The van der Waals surface area contributed by atoms with E-state index in [0.29, 0.717) is 12.4 Å². The molecular weight excluding hydrogens is 502 g/mol. The van der Waals surface area contributed by atoms with Crippen molar-refractivity contribution in [1.82, 2.24) is 14.9 Å². The Hall–Kier alpha value is -3.35. The van der Waals surface area contributed by atoms with Crippen LogP contribution in [0, 0.1) is 11.6 Å². The molecule has 38 heavy (non-hydrogen) atoms. The maximum Gasteiger partial charge on any atom is 0.227 e. The zero-order valence-electron chi connectivity index (χ0n) is 21.8. The lowest BCUT2D eigenvalue weighted by Gasteiger charge is -2.27. The van der Waals surface area contributed by atoms with Crippen LogP contribution in [0.3, 0.4) is 0 Å². The van der Waals surface area contributed by atoms with Crippen molar-refractivity contribution in [2.24, 2.45) is 0 Å². The number of anilines is 2. The number of fused-ring (bicyclic) bond motifs is 3. The highest BCUT2D eigenvalue weighted by molar-refractivity contribution is 5.85. The number of nitrogens with one attached hydrogen (secondary N) is 1. The van der Waals surface area contributed by atoms with Gasteiger partial charge >= 0.3 is 0 Å². The first kappa shape index (κ1) is 27.7. The number of unbranched alkanes of at least 4 members (excludes halogenated alkanes) is 1. The number of halogens is 3. The molecule has 1 aliphatic carbocycles. The van der Waals surface area contributed by atoms with Crippen molar-refractivity contribution in [2.75, 3.05) is 25.5 Å². The maximum absolute atomic E-state index is 14.0. The van der Waals surface area contributed by atoms with Crippen molar-refractivity contribution in [3.05, 3.63) is 107 Å².